The molecule has 1 aromatic carbocycles. The predicted octanol–water partition coefficient (Wildman–Crippen LogP) is 4.97. The SMILES string of the molecule is COC(=O)C1CCC(C(=O)NC[C@H](c2ccc(Nc3cnc4nc(Cl)nn4c3[C@H](C)OC)cc2)C(F)(F)F)CC1. The van der Waals surface area contributed by atoms with Gasteiger partial charge in [0.2, 0.25) is 11.2 Å². The minimum atomic E-state index is -4.58. The smallest absolute Gasteiger partial charge is 0.397 e. The number of hydrogen-bond acceptors (Lipinski definition) is 8. The zero-order valence-electron chi connectivity index (χ0n) is 22.2. The van der Waals surface area contributed by atoms with Crippen molar-refractivity contribution in [2.45, 2.75) is 50.8 Å². The topological polar surface area (TPSA) is 120 Å². The molecule has 0 spiro atoms. The summed E-state index contributed by atoms with van der Waals surface area (Å²) in [7, 11) is 2.84. The number of carbonyl (C=O) groups is 2. The van der Waals surface area contributed by atoms with E-state index in [-0.39, 0.29) is 28.5 Å². The molecule has 10 nitrogen and oxygen atoms in total. The highest BCUT2D eigenvalue weighted by Crippen LogP contribution is 2.36. The van der Waals surface area contributed by atoms with Gasteiger partial charge in [0.15, 0.2) is 0 Å². The Kier molecular flexibility index (Phi) is 9.14. The highest BCUT2D eigenvalue weighted by Gasteiger charge is 2.41. The van der Waals surface area contributed by atoms with E-state index < -0.39 is 36.6 Å². The lowest BCUT2D eigenvalue weighted by atomic mass is 9.81. The first-order chi connectivity index (χ1) is 19.0. The number of aromatic nitrogens is 4. The molecule has 1 amide bonds. The van der Waals surface area contributed by atoms with E-state index in [1.54, 1.807) is 6.92 Å². The van der Waals surface area contributed by atoms with Crippen LogP contribution >= 0.6 is 11.6 Å². The Balaban J connectivity index is 1.45. The number of anilines is 2. The van der Waals surface area contributed by atoms with Crippen molar-refractivity contribution < 1.29 is 32.2 Å². The minimum Gasteiger partial charge on any atom is -0.469 e. The molecular formula is C26H30ClF3N6O4. The summed E-state index contributed by atoms with van der Waals surface area (Å²) in [5, 5.41) is 9.77. The van der Waals surface area contributed by atoms with Crippen molar-refractivity contribution >= 4 is 40.6 Å². The van der Waals surface area contributed by atoms with Crippen molar-refractivity contribution in [1.82, 2.24) is 24.9 Å². The van der Waals surface area contributed by atoms with Gasteiger partial charge in [-0.2, -0.15) is 22.7 Å². The van der Waals surface area contributed by atoms with Crippen molar-refractivity contribution in [3.05, 3.63) is 47.0 Å². The fraction of sp³-hybridized carbons (Fsp3) is 0.500. The molecule has 1 saturated carbocycles. The largest absolute Gasteiger partial charge is 0.469 e. The molecule has 216 valence electrons. The lowest BCUT2D eigenvalue weighted by Crippen LogP contribution is -2.39. The van der Waals surface area contributed by atoms with E-state index in [1.807, 2.05) is 0 Å². The van der Waals surface area contributed by atoms with Crippen LogP contribution in [0.3, 0.4) is 0 Å². The van der Waals surface area contributed by atoms with Crippen LogP contribution in [0.4, 0.5) is 24.5 Å². The Morgan fingerprint density at radius 3 is 2.38 bits per heavy atom. The lowest BCUT2D eigenvalue weighted by molar-refractivity contribution is -0.152. The van der Waals surface area contributed by atoms with Gasteiger partial charge in [-0.25, -0.2) is 4.98 Å². The second kappa shape index (κ2) is 12.4. The Bertz CT molecular complexity index is 1340. The number of carbonyl (C=O) groups excluding carboxylic acids is 2. The number of fused-ring (bicyclic) bond motifs is 1. The maximum atomic E-state index is 14.0. The first-order valence-electron chi connectivity index (χ1n) is 12.7. The molecule has 0 bridgehead atoms. The molecule has 3 aromatic rings. The fourth-order valence-electron chi connectivity index (χ4n) is 4.91. The van der Waals surface area contributed by atoms with Crippen LogP contribution in [0.15, 0.2) is 30.5 Å². The first kappa shape index (κ1) is 29.5. The fourth-order valence-corrected chi connectivity index (χ4v) is 5.06. The Morgan fingerprint density at radius 1 is 1.12 bits per heavy atom. The quantitative estimate of drug-likeness (QED) is 0.339. The van der Waals surface area contributed by atoms with Gasteiger partial charge < -0.3 is 20.1 Å². The van der Waals surface area contributed by atoms with E-state index in [0.717, 1.165) is 0 Å². The number of amides is 1. The zero-order valence-corrected chi connectivity index (χ0v) is 22.9. The number of rotatable bonds is 9. The number of ether oxygens (including phenoxy) is 2. The molecule has 2 aromatic heterocycles. The summed E-state index contributed by atoms with van der Waals surface area (Å²) < 4.78 is 53.6. The minimum absolute atomic E-state index is 0.00914. The third-order valence-corrected chi connectivity index (χ3v) is 7.38. The third-order valence-electron chi connectivity index (χ3n) is 7.22. The predicted molar refractivity (Wildman–Crippen MR) is 140 cm³/mol. The van der Waals surface area contributed by atoms with E-state index in [9.17, 15) is 22.8 Å². The second-order valence-corrected chi connectivity index (χ2v) is 10.0. The van der Waals surface area contributed by atoms with E-state index >= 15 is 0 Å². The molecule has 1 aliphatic rings. The van der Waals surface area contributed by atoms with Gasteiger partial charge in [-0.1, -0.05) is 12.1 Å². The molecule has 0 radical (unpaired) electrons. The molecule has 0 unspecified atom stereocenters. The Hall–Kier alpha value is -3.45. The summed E-state index contributed by atoms with van der Waals surface area (Å²) in [5.74, 6) is -3.09. The normalized spacial score (nSPS) is 19.2. The number of esters is 1. The molecule has 0 saturated heterocycles. The Morgan fingerprint density at radius 2 is 1.77 bits per heavy atom. The average molecular weight is 583 g/mol. The summed E-state index contributed by atoms with van der Waals surface area (Å²) in [4.78, 5) is 32.6. The maximum absolute atomic E-state index is 14.0. The molecule has 2 heterocycles. The number of alkyl halides is 3. The van der Waals surface area contributed by atoms with Crippen molar-refractivity contribution in [3.8, 4) is 0 Å². The van der Waals surface area contributed by atoms with Gasteiger partial charge >= 0.3 is 12.1 Å². The summed E-state index contributed by atoms with van der Waals surface area (Å²) in [6.07, 6.45) is -1.70. The van der Waals surface area contributed by atoms with Crippen molar-refractivity contribution in [2.24, 2.45) is 11.8 Å². The molecular weight excluding hydrogens is 553 g/mol. The van der Waals surface area contributed by atoms with Crippen molar-refractivity contribution in [3.63, 3.8) is 0 Å². The molecule has 1 aliphatic carbocycles. The number of nitrogens with zero attached hydrogens (tertiary/aromatic N) is 4. The lowest BCUT2D eigenvalue weighted by Gasteiger charge is -2.27. The van der Waals surface area contributed by atoms with Crippen LogP contribution in [0.5, 0.6) is 0 Å². The number of nitrogens with one attached hydrogen (secondary N) is 2. The molecule has 14 heteroatoms. The van der Waals surface area contributed by atoms with Gasteiger partial charge in [0.1, 0.15) is 0 Å². The van der Waals surface area contributed by atoms with Crippen LogP contribution in [0.25, 0.3) is 5.78 Å². The zero-order chi connectivity index (χ0) is 29.0. The van der Waals surface area contributed by atoms with Crippen LogP contribution in [-0.2, 0) is 19.1 Å². The van der Waals surface area contributed by atoms with E-state index in [1.165, 1.54) is 49.2 Å². The van der Waals surface area contributed by atoms with Crippen LogP contribution in [0.2, 0.25) is 5.28 Å². The molecule has 2 N–H and O–H groups in total. The monoisotopic (exact) mass is 582 g/mol. The highest BCUT2D eigenvalue weighted by atomic mass is 35.5. The summed E-state index contributed by atoms with van der Waals surface area (Å²) in [6, 6.07) is 5.77. The summed E-state index contributed by atoms with van der Waals surface area (Å²) in [6.45, 7) is 1.21. The van der Waals surface area contributed by atoms with Crippen molar-refractivity contribution in [1.29, 1.82) is 0 Å². The van der Waals surface area contributed by atoms with Gasteiger partial charge in [0, 0.05) is 25.3 Å². The van der Waals surface area contributed by atoms with E-state index in [2.05, 4.69) is 25.7 Å². The maximum Gasteiger partial charge on any atom is 0.397 e. The highest BCUT2D eigenvalue weighted by molar-refractivity contribution is 6.28. The Labute approximate surface area is 233 Å². The van der Waals surface area contributed by atoms with Crippen LogP contribution in [0, 0.1) is 11.8 Å². The first-order valence-corrected chi connectivity index (χ1v) is 13.1. The molecule has 1 fully saturated rings. The van der Waals surface area contributed by atoms with Crippen LogP contribution in [-0.4, -0.2) is 58.4 Å². The number of hydrogen-bond donors (Lipinski definition) is 2. The summed E-state index contributed by atoms with van der Waals surface area (Å²) >= 11 is 5.93. The number of halogens is 4. The molecule has 2 atom stereocenters. The van der Waals surface area contributed by atoms with Crippen LogP contribution in [0.1, 0.15) is 55.9 Å². The van der Waals surface area contributed by atoms with E-state index in [0.29, 0.717) is 42.8 Å². The molecule has 40 heavy (non-hydrogen) atoms. The summed E-state index contributed by atoms with van der Waals surface area (Å²) in [5.41, 5.74) is 1.60. The number of benzene rings is 1. The van der Waals surface area contributed by atoms with E-state index in [4.69, 9.17) is 21.1 Å². The van der Waals surface area contributed by atoms with Gasteiger partial charge in [0.25, 0.3) is 5.78 Å². The second-order valence-electron chi connectivity index (χ2n) is 9.69. The van der Waals surface area contributed by atoms with Gasteiger partial charge in [-0.15, -0.1) is 5.10 Å². The van der Waals surface area contributed by atoms with Crippen LogP contribution < -0.4 is 10.6 Å². The average Bonchev–Trinajstić information content (AvgIpc) is 3.32. The van der Waals surface area contributed by atoms with Gasteiger partial charge in [0.05, 0.1) is 42.6 Å². The van der Waals surface area contributed by atoms with Crippen molar-refractivity contribution in [2.75, 3.05) is 26.1 Å². The molecule has 0 aliphatic heterocycles. The standard InChI is InChI=1S/C26H30ClF3N6O4/c1-14(39-2)21-20(13-32-25-34-24(27)35-36(21)25)33-18-10-8-15(9-11-18)19(26(28,29)30)12-31-22(37)16-4-6-17(7-5-16)23(38)40-3/h8-11,13-14,16-17,19,33H,4-7,12H2,1-3H3,(H,31,37)/t14-,16?,17?,19+/m0/s1. The third kappa shape index (κ3) is 6.64. The van der Waals surface area contributed by atoms with Gasteiger partial charge in [-0.3, -0.25) is 9.59 Å². The number of methoxy groups -OCH3 is 2. The van der Waals surface area contributed by atoms with Gasteiger partial charge in [-0.05, 0) is 61.9 Å². The molecule has 4 rings (SSSR count).